The van der Waals surface area contributed by atoms with E-state index in [4.69, 9.17) is 29.9 Å². The Morgan fingerprint density at radius 2 is 1.45 bits per heavy atom. The Balaban J connectivity index is 0.000000366. The minimum absolute atomic E-state index is 0.494. The molecule has 0 fully saturated rings. The van der Waals surface area contributed by atoms with Crippen LogP contribution in [0.2, 0.25) is 0 Å². The van der Waals surface area contributed by atoms with Crippen LogP contribution in [0, 0.1) is 0 Å². The third kappa shape index (κ3) is 9.89. The van der Waals surface area contributed by atoms with Crippen LogP contribution in [-0.2, 0) is 14.4 Å². The molecule has 10 nitrogen and oxygen atoms in total. The summed E-state index contributed by atoms with van der Waals surface area (Å²) in [5.41, 5.74) is -2.74. The van der Waals surface area contributed by atoms with E-state index < -0.39 is 42.1 Å². The van der Waals surface area contributed by atoms with Crippen LogP contribution in [0.4, 0.5) is 0 Å². The molecule has 1 aromatic carbocycles. The third-order valence-electron chi connectivity index (χ3n) is 4.93. The van der Waals surface area contributed by atoms with E-state index in [1.54, 1.807) is 0 Å². The number of thioether (sulfide) groups is 1. The van der Waals surface area contributed by atoms with Crippen molar-refractivity contribution in [2.45, 2.75) is 51.4 Å². The van der Waals surface area contributed by atoms with E-state index in [9.17, 15) is 14.4 Å². The van der Waals surface area contributed by atoms with Gasteiger partial charge >= 0.3 is 17.9 Å². The summed E-state index contributed by atoms with van der Waals surface area (Å²) < 4.78 is 11.8. The number of para-hydroxylation sites is 2. The van der Waals surface area contributed by atoms with Crippen LogP contribution in [0.3, 0.4) is 0 Å². The fourth-order valence-corrected chi connectivity index (χ4v) is 4.12. The van der Waals surface area contributed by atoms with Gasteiger partial charge in [0.2, 0.25) is 5.79 Å². The van der Waals surface area contributed by atoms with Gasteiger partial charge in [0, 0.05) is 31.4 Å². The predicted octanol–water partition coefficient (Wildman–Crippen LogP) is 2.39. The first-order valence-electron chi connectivity index (χ1n) is 10.6. The molecule has 1 aliphatic rings. The summed E-state index contributed by atoms with van der Waals surface area (Å²) in [7, 11) is 0. The Bertz CT molecular complexity index is 757. The highest BCUT2D eigenvalue weighted by Gasteiger charge is 2.40. The lowest BCUT2D eigenvalue weighted by molar-refractivity contribution is -0.170. The molecule has 33 heavy (non-hydrogen) atoms. The standard InChI is InChI=1S/C16H25NO2S.C6H8O7/c1-4-17(5-2)11-13-20-12-10-16(3)18-14-8-6-7-9-15(14)19-16;7-3(8)1-6(13,5(11)12)2-4(9)10/h6-9H,4-5,10-13H2,1-3H3;13H,1-2H2,(H,7,8)(H,9,10)(H,11,12). The Hall–Kier alpha value is -2.50. The molecule has 0 aromatic heterocycles. The molecule has 1 heterocycles. The number of carbonyl (C=O) groups is 3. The van der Waals surface area contributed by atoms with Gasteiger partial charge in [-0.2, -0.15) is 11.8 Å². The van der Waals surface area contributed by atoms with Crippen molar-refractivity contribution in [1.29, 1.82) is 0 Å². The maximum absolute atomic E-state index is 10.3. The smallest absolute Gasteiger partial charge is 0.336 e. The fraction of sp³-hybridized carbons (Fsp3) is 0.591. The van der Waals surface area contributed by atoms with Gasteiger partial charge in [0.15, 0.2) is 17.1 Å². The predicted molar refractivity (Wildman–Crippen MR) is 123 cm³/mol. The van der Waals surface area contributed by atoms with Crippen molar-refractivity contribution in [2.75, 3.05) is 31.1 Å². The monoisotopic (exact) mass is 487 g/mol. The van der Waals surface area contributed by atoms with Gasteiger partial charge in [-0.3, -0.25) is 9.59 Å². The lowest BCUT2D eigenvalue weighted by Gasteiger charge is -2.23. The number of carboxylic acids is 3. The van der Waals surface area contributed by atoms with Gasteiger partial charge in [0.1, 0.15) is 0 Å². The maximum atomic E-state index is 10.3. The Morgan fingerprint density at radius 1 is 0.970 bits per heavy atom. The average molecular weight is 488 g/mol. The number of hydrogen-bond donors (Lipinski definition) is 4. The molecule has 1 aromatic rings. The van der Waals surface area contributed by atoms with Crippen LogP contribution in [0.1, 0.15) is 40.0 Å². The second-order valence-electron chi connectivity index (χ2n) is 7.65. The van der Waals surface area contributed by atoms with Crippen LogP contribution in [0.5, 0.6) is 11.5 Å². The highest BCUT2D eigenvalue weighted by atomic mass is 32.2. The third-order valence-corrected chi connectivity index (χ3v) is 5.90. The van der Waals surface area contributed by atoms with Crippen molar-refractivity contribution in [3.63, 3.8) is 0 Å². The molecule has 0 radical (unpaired) electrons. The first-order chi connectivity index (χ1) is 15.4. The first-order valence-corrected chi connectivity index (χ1v) is 11.8. The molecule has 2 rings (SSSR count). The van der Waals surface area contributed by atoms with E-state index in [2.05, 4.69) is 18.7 Å². The van der Waals surface area contributed by atoms with Crippen molar-refractivity contribution < 1.29 is 44.3 Å². The summed E-state index contributed by atoms with van der Waals surface area (Å²) in [5, 5.41) is 33.8. The normalized spacial score (nSPS) is 13.8. The average Bonchev–Trinajstić information content (AvgIpc) is 3.06. The number of aliphatic carboxylic acids is 3. The summed E-state index contributed by atoms with van der Waals surface area (Å²) >= 11 is 1.97. The number of carboxylic acid groups (broad SMARTS) is 3. The lowest BCUT2D eigenvalue weighted by Crippen LogP contribution is -2.42. The van der Waals surface area contributed by atoms with Gasteiger partial charge in [0.05, 0.1) is 12.8 Å². The van der Waals surface area contributed by atoms with Gasteiger partial charge in [0.25, 0.3) is 0 Å². The summed E-state index contributed by atoms with van der Waals surface area (Å²) in [6.45, 7) is 9.89. The van der Waals surface area contributed by atoms with E-state index in [0.717, 1.165) is 43.3 Å². The summed E-state index contributed by atoms with van der Waals surface area (Å²) in [5.74, 6) is -1.55. The molecule has 11 heteroatoms. The number of aliphatic hydroxyl groups is 1. The Kier molecular flexibility index (Phi) is 11.5. The van der Waals surface area contributed by atoms with Crippen molar-refractivity contribution in [3.8, 4) is 11.5 Å². The van der Waals surface area contributed by atoms with Crippen molar-refractivity contribution in [2.24, 2.45) is 0 Å². The molecule has 1 aliphatic heterocycles. The van der Waals surface area contributed by atoms with Crippen molar-refractivity contribution in [3.05, 3.63) is 24.3 Å². The zero-order valence-electron chi connectivity index (χ0n) is 19.2. The number of rotatable bonds is 13. The molecule has 0 amide bonds. The van der Waals surface area contributed by atoms with Gasteiger partial charge in [-0.25, -0.2) is 4.79 Å². The molecule has 0 aliphatic carbocycles. The van der Waals surface area contributed by atoms with Crippen LogP contribution < -0.4 is 9.47 Å². The highest BCUT2D eigenvalue weighted by molar-refractivity contribution is 7.99. The van der Waals surface area contributed by atoms with E-state index in [-0.39, 0.29) is 0 Å². The lowest BCUT2D eigenvalue weighted by atomic mass is 9.96. The van der Waals surface area contributed by atoms with Crippen molar-refractivity contribution in [1.82, 2.24) is 4.90 Å². The van der Waals surface area contributed by atoms with Gasteiger partial charge < -0.3 is 34.8 Å². The second kappa shape index (κ2) is 13.3. The van der Waals surface area contributed by atoms with E-state index in [1.165, 1.54) is 5.75 Å². The van der Waals surface area contributed by atoms with Gasteiger partial charge in [-0.1, -0.05) is 26.0 Å². The molecular weight excluding hydrogens is 454 g/mol. The van der Waals surface area contributed by atoms with Crippen LogP contribution in [0.15, 0.2) is 24.3 Å². The van der Waals surface area contributed by atoms with Gasteiger partial charge in [-0.15, -0.1) is 0 Å². The Labute approximate surface area is 197 Å². The molecule has 0 saturated carbocycles. The largest absolute Gasteiger partial charge is 0.481 e. The maximum Gasteiger partial charge on any atom is 0.336 e. The van der Waals surface area contributed by atoms with Crippen molar-refractivity contribution >= 4 is 29.7 Å². The summed E-state index contributed by atoms with van der Waals surface area (Å²) in [6.07, 6.45) is -1.38. The first kappa shape index (κ1) is 28.5. The quantitative estimate of drug-likeness (QED) is 0.303. The van der Waals surface area contributed by atoms with Crippen LogP contribution >= 0.6 is 11.8 Å². The molecule has 4 N–H and O–H groups in total. The number of ether oxygens (including phenoxy) is 2. The SMILES string of the molecule is CCN(CC)CCSCCC1(C)Oc2ccccc2O1.O=C(O)CC(O)(CC(=O)O)C(=O)O. The van der Waals surface area contributed by atoms with Crippen LogP contribution in [-0.4, -0.2) is 85.8 Å². The van der Waals surface area contributed by atoms with E-state index >= 15 is 0 Å². The number of nitrogens with zero attached hydrogens (tertiary/aromatic N) is 1. The molecule has 0 saturated heterocycles. The fourth-order valence-electron chi connectivity index (χ4n) is 3.01. The zero-order valence-corrected chi connectivity index (χ0v) is 20.0. The summed E-state index contributed by atoms with van der Waals surface area (Å²) in [6, 6.07) is 7.89. The number of benzene rings is 1. The van der Waals surface area contributed by atoms with Crippen LogP contribution in [0.25, 0.3) is 0 Å². The number of hydrogen-bond acceptors (Lipinski definition) is 8. The molecule has 0 atom stereocenters. The summed E-state index contributed by atoms with van der Waals surface area (Å²) in [4.78, 5) is 32.9. The highest BCUT2D eigenvalue weighted by Crippen LogP contribution is 2.40. The topological polar surface area (TPSA) is 154 Å². The van der Waals surface area contributed by atoms with Gasteiger partial charge in [-0.05, 0) is 25.2 Å². The molecular formula is C22H33NO9S. The second-order valence-corrected chi connectivity index (χ2v) is 8.88. The van der Waals surface area contributed by atoms with E-state index in [1.807, 2.05) is 43.0 Å². The zero-order chi connectivity index (χ0) is 25.1. The molecule has 0 bridgehead atoms. The number of fused-ring (bicyclic) bond motifs is 1. The van der Waals surface area contributed by atoms with E-state index in [0.29, 0.717) is 0 Å². The molecule has 186 valence electrons. The minimum Gasteiger partial charge on any atom is -0.481 e. The molecule has 0 unspecified atom stereocenters. The molecule has 0 spiro atoms. The minimum atomic E-state index is -2.74. The Morgan fingerprint density at radius 3 is 1.85 bits per heavy atom.